The van der Waals surface area contributed by atoms with Gasteiger partial charge in [0.1, 0.15) is 6.61 Å². The molecule has 7 heteroatoms. The predicted molar refractivity (Wildman–Crippen MR) is 85.2 cm³/mol. The normalized spacial score (nSPS) is 23.7. The molecule has 2 fully saturated rings. The summed E-state index contributed by atoms with van der Waals surface area (Å²) < 4.78 is 10.5. The van der Waals surface area contributed by atoms with Crippen LogP contribution >= 0.6 is 0 Å². The smallest absolute Gasteiger partial charge is 0.246 e. The monoisotopic (exact) mass is 320 g/mol. The summed E-state index contributed by atoms with van der Waals surface area (Å²) in [6.45, 7) is 3.24. The van der Waals surface area contributed by atoms with Gasteiger partial charge in [0.15, 0.2) is 0 Å². The highest BCUT2D eigenvalue weighted by atomic mass is 16.5. The van der Waals surface area contributed by atoms with Crippen LogP contribution in [0.5, 0.6) is 0 Å². The van der Waals surface area contributed by atoms with Crippen LogP contribution in [0.1, 0.15) is 19.3 Å². The van der Waals surface area contributed by atoms with Crippen LogP contribution in [0.15, 0.2) is 18.5 Å². The summed E-state index contributed by atoms with van der Waals surface area (Å²) in [5, 5.41) is 3.10. The maximum atomic E-state index is 11.9. The second-order valence-electron chi connectivity index (χ2n) is 6.28. The molecule has 1 N–H and O–H groups in total. The van der Waals surface area contributed by atoms with Crippen molar-refractivity contribution in [3.8, 4) is 0 Å². The van der Waals surface area contributed by atoms with Gasteiger partial charge in [0.25, 0.3) is 0 Å². The summed E-state index contributed by atoms with van der Waals surface area (Å²) >= 11 is 0. The first-order chi connectivity index (χ1) is 11.2. The van der Waals surface area contributed by atoms with E-state index in [-0.39, 0.29) is 24.0 Å². The number of nitrogens with zero attached hydrogens (tertiary/aromatic N) is 3. The Labute approximate surface area is 136 Å². The van der Waals surface area contributed by atoms with Gasteiger partial charge in [-0.25, -0.2) is 9.97 Å². The SMILES string of the molecule is COCC(=O)NC1COCCC12CCN(c1ncccn1)CC2. The molecule has 2 aliphatic heterocycles. The molecule has 7 nitrogen and oxygen atoms in total. The van der Waals surface area contributed by atoms with Crippen molar-refractivity contribution in [2.45, 2.75) is 25.3 Å². The van der Waals surface area contributed by atoms with Crippen LogP contribution in [0.3, 0.4) is 0 Å². The van der Waals surface area contributed by atoms with Crippen LogP contribution < -0.4 is 10.2 Å². The number of amides is 1. The fraction of sp³-hybridized carbons (Fsp3) is 0.688. The Balaban J connectivity index is 1.65. The highest BCUT2D eigenvalue weighted by Gasteiger charge is 2.44. The fourth-order valence-corrected chi connectivity index (χ4v) is 3.59. The van der Waals surface area contributed by atoms with Crippen LogP contribution in [0, 0.1) is 5.41 Å². The third-order valence-corrected chi connectivity index (χ3v) is 4.97. The Bertz CT molecular complexity index is 517. The van der Waals surface area contributed by atoms with Gasteiger partial charge in [0.2, 0.25) is 11.9 Å². The van der Waals surface area contributed by atoms with E-state index in [4.69, 9.17) is 9.47 Å². The molecule has 126 valence electrons. The summed E-state index contributed by atoms with van der Waals surface area (Å²) in [6.07, 6.45) is 6.54. The van der Waals surface area contributed by atoms with E-state index in [1.165, 1.54) is 7.11 Å². The van der Waals surface area contributed by atoms with Gasteiger partial charge in [-0.3, -0.25) is 4.79 Å². The zero-order chi connectivity index (χ0) is 16.1. The molecule has 0 saturated carbocycles. The fourth-order valence-electron chi connectivity index (χ4n) is 3.59. The molecule has 1 aromatic rings. The number of methoxy groups -OCH3 is 1. The summed E-state index contributed by atoms with van der Waals surface area (Å²) in [5.41, 5.74) is 0.104. The standard InChI is InChI=1S/C16H24N4O3/c1-22-12-14(21)19-13-11-23-10-5-16(13)3-8-20(9-4-16)15-17-6-2-7-18-15/h2,6-7,13H,3-5,8-12H2,1H3,(H,19,21). The molecular formula is C16H24N4O3. The quantitative estimate of drug-likeness (QED) is 0.876. The summed E-state index contributed by atoms with van der Waals surface area (Å²) in [4.78, 5) is 22.8. The minimum absolute atomic E-state index is 0.0535. The molecule has 0 radical (unpaired) electrons. The average molecular weight is 320 g/mol. The third-order valence-electron chi connectivity index (χ3n) is 4.97. The van der Waals surface area contributed by atoms with Crippen molar-refractivity contribution in [3.63, 3.8) is 0 Å². The maximum absolute atomic E-state index is 11.9. The first-order valence-corrected chi connectivity index (χ1v) is 8.11. The Morgan fingerprint density at radius 2 is 2.13 bits per heavy atom. The molecule has 1 spiro atoms. The number of carbonyl (C=O) groups is 1. The van der Waals surface area contributed by atoms with Crippen molar-refractivity contribution in [2.75, 3.05) is 44.9 Å². The van der Waals surface area contributed by atoms with Gasteiger partial charge in [-0.15, -0.1) is 0 Å². The molecule has 1 unspecified atom stereocenters. The number of nitrogens with one attached hydrogen (secondary N) is 1. The van der Waals surface area contributed by atoms with Gasteiger partial charge in [0, 0.05) is 39.2 Å². The zero-order valence-electron chi connectivity index (χ0n) is 13.5. The van der Waals surface area contributed by atoms with E-state index >= 15 is 0 Å². The van der Waals surface area contributed by atoms with Crippen molar-refractivity contribution in [2.24, 2.45) is 5.41 Å². The Kier molecular flexibility index (Phi) is 5.07. The Morgan fingerprint density at radius 1 is 1.39 bits per heavy atom. The molecule has 23 heavy (non-hydrogen) atoms. The zero-order valence-corrected chi connectivity index (χ0v) is 13.5. The van der Waals surface area contributed by atoms with Crippen LogP contribution in [-0.4, -0.2) is 61.9 Å². The van der Waals surface area contributed by atoms with Crippen molar-refractivity contribution in [1.29, 1.82) is 0 Å². The molecule has 3 heterocycles. The third kappa shape index (κ3) is 3.61. The molecule has 1 atom stereocenters. The topological polar surface area (TPSA) is 76.6 Å². The number of rotatable bonds is 4. The predicted octanol–water partition coefficient (Wildman–Crippen LogP) is 0.615. The van der Waals surface area contributed by atoms with Gasteiger partial charge >= 0.3 is 0 Å². The van der Waals surface area contributed by atoms with E-state index in [1.807, 2.05) is 6.07 Å². The van der Waals surface area contributed by atoms with E-state index in [1.54, 1.807) is 12.4 Å². The molecule has 1 amide bonds. The van der Waals surface area contributed by atoms with Crippen LogP contribution in [0.25, 0.3) is 0 Å². The summed E-state index contributed by atoms with van der Waals surface area (Å²) in [6, 6.07) is 1.88. The number of carbonyl (C=O) groups excluding carboxylic acids is 1. The van der Waals surface area contributed by atoms with Gasteiger partial charge in [0.05, 0.1) is 12.6 Å². The first-order valence-electron chi connectivity index (χ1n) is 8.11. The molecule has 1 aromatic heterocycles. The highest BCUT2D eigenvalue weighted by Crippen LogP contribution is 2.41. The van der Waals surface area contributed by atoms with E-state index in [0.717, 1.165) is 44.9 Å². The van der Waals surface area contributed by atoms with E-state index in [0.29, 0.717) is 6.61 Å². The van der Waals surface area contributed by atoms with Crippen molar-refractivity contribution >= 4 is 11.9 Å². The number of anilines is 1. The minimum atomic E-state index is -0.0730. The molecule has 2 aliphatic rings. The highest BCUT2D eigenvalue weighted by molar-refractivity contribution is 5.77. The van der Waals surface area contributed by atoms with Gasteiger partial charge < -0.3 is 19.7 Å². The molecular weight excluding hydrogens is 296 g/mol. The molecule has 0 aliphatic carbocycles. The largest absolute Gasteiger partial charge is 0.379 e. The van der Waals surface area contributed by atoms with E-state index in [2.05, 4.69) is 20.2 Å². The minimum Gasteiger partial charge on any atom is -0.379 e. The molecule has 2 saturated heterocycles. The van der Waals surface area contributed by atoms with Crippen molar-refractivity contribution < 1.29 is 14.3 Å². The van der Waals surface area contributed by atoms with E-state index < -0.39 is 0 Å². The maximum Gasteiger partial charge on any atom is 0.246 e. The summed E-state index contributed by atoms with van der Waals surface area (Å²) in [5.74, 6) is 0.713. The number of piperidine rings is 1. The van der Waals surface area contributed by atoms with Crippen LogP contribution in [0.4, 0.5) is 5.95 Å². The van der Waals surface area contributed by atoms with Crippen LogP contribution in [0.2, 0.25) is 0 Å². The van der Waals surface area contributed by atoms with Crippen molar-refractivity contribution in [1.82, 2.24) is 15.3 Å². The number of hydrogen-bond acceptors (Lipinski definition) is 6. The Morgan fingerprint density at radius 3 is 2.83 bits per heavy atom. The lowest BCUT2D eigenvalue weighted by atomic mass is 9.69. The van der Waals surface area contributed by atoms with E-state index in [9.17, 15) is 4.79 Å². The molecule has 0 aromatic carbocycles. The number of ether oxygens (including phenoxy) is 2. The Hall–Kier alpha value is -1.73. The van der Waals surface area contributed by atoms with Gasteiger partial charge in [-0.2, -0.15) is 0 Å². The van der Waals surface area contributed by atoms with Gasteiger partial charge in [-0.05, 0) is 30.7 Å². The lowest BCUT2D eigenvalue weighted by molar-refractivity contribution is -0.129. The lowest BCUT2D eigenvalue weighted by Gasteiger charge is -2.49. The lowest BCUT2D eigenvalue weighted by Crippen LogP contribution is -2.58. The summed E-state index contributed by atoms with van der Waals surface area (Å²) in [7, 11) is 1.53. The average Bonchev–Trinajstić information content (AvgIpc) is 2.59. The second-order valence-corrected chi connectivity index (χ2v) is 6.28. The van der Waals surface area contributed by atoms with Crippen LogP contribution in [-0.2, 0) is 14.3 Å². The molecule has 3 rings (SSSR count). The molecule has 0 bridgehead atoms. The van der Waals surface area contributed by atoms with Gasteiger partial charge in [-0.1, -0.05) is 0 Å². The number of aromatic nitrogens is 2. The first kappa shape index (κ1) is 16.1. The second kappa shape index (κ2) is 7.23. The number of hydrogen-bond donors (Lipinski definition) is 1. The van der Waals surface area contributed by atoms with Crippen molar-refractivity contribution in [3.05, 3.63) is 18.5 Å².